The predicted molar refractivity (Wildman–Crippen MR) is 79.0 cm³/mol. The summed E-state index contributed by atoms with van der Waals surface area (Å²) in [5.74, 6) is 0.112. The van der Waals surface area contributed by atoms with E-state index >= 15 is 0 Å². The molecule has 7 heteroatoms. The number of pyridine rings is 1. The molecule has 3 heterocycles. The van der Waals surface area contributed by atoms with E-state index < -0.39 is 0 Å². The van der Waals surface area contributed by atoms with Crippen molar-refractivity contribution in [1.29, 1.82) is 0 Å². The van der Waals surface area contributed by atoms with Gasteiger partial charge < -0.3 is 14.6 Å². The molecule has 0 saturated carbocycles. The molecule has 2 aromatic rings. The zero-order valence-corrected chi connectivity index (χ0v) is 12.8. The minimum Gasteiger partial charge on any atom is -0.506 e. The van der Waals surface area contributed by atoms with Crippen LogP contribution in [-0.2, 0) is 23.1 Å². The first-order valence-corrected chi connectivity index (χ1v) is 7.44. The second-order valence-corrected chi connectivity index (χ2v) is 5.42. The molecule has 1 N–H and O–H groups in total. The van der Waals surface area contributed by atoms with Crippen LogP contribution in [0.15, 0.2) is 12.1 Å². The Kier molecular flexibility index (Phi) is 4.35. The molecular formula is C15H20N4O3. The molecule has 1 saturated heterocycles. The molecule has 0 radical (unpaired) electrons. The van der Waals surface area contributed by atoms with E-state index in [1.807, 2.05) is 14.0 Å². The summed E-state index contributed by atoms with van der Waals surface area (Å²) in [7, 11) is 1.83. The maximum Gasteiger partial charge on any atom is 0.158 e. The van der Waals surface area contributed by atoms with E-state index in [1.165, 1.54) is 0 Å². The van der Waals surface area contributed by atoms with Crippen LogP contribution in [0.3, 0.4) is 0 Å². The van der Waals surface area contributed by atoms with Crippen molar-refractivity contribution in [2.75, 3.05) is 6.61 Å². The number of aryl methyl sites for hydroxylation is 1. The van der Waals surface area contributed by atoms with Crippen molar-refractivity contribution in [3.05, 3.63) is 23.5 Å². The van der Waals surface area contributed by atoms with Gasteiger partial charge in [-0.15, -0.1) is 5.10 Å². The fourth-order valence-corrected chi connectivity index (χ4v) is 2.39. The summed E-state index contributed by atoms with van der Waals surface area (Å²) in [4.78, 5) is 4.45. The molecule has 0 aliphatic carbocycles. The quantitative estimate of drug-likeness (QED) is 0.929. The second kappa shape index (κ2) is 6.41. The summed E-state index contributed by atoms with van der Waals surface area (Å²) in [5, 5.41) is 18.0. The molecule has 1 unspecified atom stereocenters. The first kappa shape index (κ1) is 14.9. The van der Waals surface area contributed by atoms with Gasteiger partial charge in [0, 0.05) is 13.7 Å². The highest BCUT2D eigenvalue weighted by Crippen LogP contribution is 2.24. The first-order valence-electron chi connectivity index (χ1n) is 7.44. The normalized spacial score (nSPS) is 18.5. The minimum absolute atomic E-state index is 0.112. The van der Waals surface area contributed by atoms with Crippen molar-refractivity contribution < 1.29 is 14.6 Å². The van der Waals surface area contributed by atoms with Crippen LogP contribution in [0.4, 0.5) is 0 Å². The molecule has 1 fully saturated rings. The molecule has 118 valence electrons. The van der Waals surface area contributed by atoms with Gasteiger partial charge in [0.2, 0.25) is 0 Å². The summed E-state index contributed by atoms with van der Waals surface area (Å²) in [6.45, 7) is 2.86. The van der Waals surface area contributed by atoms with E-state index in [9.17, 15) is 5.11 Å². The van der Waals surface area contributed by atoms with Gasteiger partial charge >= 0.3 is 0 Å². The minimum atomic E-state index is -0.211. The Morgan fingerprint density at radius 1 is 1.41 bits per heavy atom. The molecule has 3 rings (SSSR count). The van der Waals surface area contributed by atoms with Crippen molar-refractivity contribution >= 4 is 0 Å². The van der Waals surface area contributed by atoms with Gasteiger partial charge in [-0.2, -0.15) is 0 Å². The molecule has 7 nitrogen and oxygen atoms in total. The van der Waals surface area contributed by atoms with Gasteiger partial charge in [-0.1, -0.05) is 5.21 Å². The molecule has 1 atom stereocenters. The summed E-state index contributed by atoms with van der Waals surface area (Å²) < 4.78 is 12.9. The second-order valence-electron chi connectivity index (χ2n) is 5.42. The summed E-state index contributed by atoms with van der Waals surface area (Å²) in [6, 6.07) is 3.34. The molecular weight excluding hydrogens is 284 g/mol. The zero-order valence-electron chi connectivity index (χ0n) is 12.8. The molecule has 0 aromatic carbocycles. The van der Waals surface area contributed by atoms with Crippen LogP contribution in [0, 0.1) is 6.92 Å². The molecule has 0 amide bonds. The van der Waals surface area contributed by atoms with Crippen molar-refractivity contribution in [2.24, 2.45) is 7.05 Å². The van der Waals surface area contributed by atoms with Crippen molar-refractivity contribution in [2.45, 2.75) is 39.1 Å². The van der Waals surface area contributed by atoms with Crippen molar-refractivity contribution in [1.82, 2.24) is 20.0 Å². The summed E-state index contributed by atoms with van der Waals surface area (Å²) in [5.41, 5.74) is 2.78. The molecule has 2 aromatic heterocycles. The lowest BCUT2D eigenvalue weighted by atomic mass is 10.2. The topological polar surface area (TPSA) is 82.3 Å². The Morgan fingerprint density at radius 2 is 2.27 bits per heavy atom. The van der Waals surface area contributed by atoms with Gasteiger partial charge in [-0.3, -0.25) is 4.68 Å². The Hall–Kier alpha value is -1.99. The van der Waals surface area contributed by atoms with E-state index in [0.717, 1.165) is 31.6 Å². The van der Waals surface area contributed by atoms with Gasteiger partial charge in [-0.05, 0) is 38.3 Å². The highest BCUT2D eigenvalue weighted by atomic mass is 16.7. The third kappa shape index (κ3) is 3.10. The lowest BCUT2D eigenvalue weighted by Gasteiger charge is -2.22. The Bertz CT molecular complexity index is 650. The van der Waals surface area contributed by atoms with Gasteiger partial charge in [0.1, 0.15) is 17.1 Å². The number of nitrogens with zero attached hydrogens (tertiary/aromatic N) is 4. The highest BCUT2D eigenvalue weighted by molar-refractivity contribution is 5.57. The van der Waals surface area contributed by atoms with Crippen molar-refractivity contribution in [3.63, 3.8) is 0 Å². The lowest BCUT2D eigenvalue weighted by molar-refractivity contribution is -0.169. The molecule has 0 spiro atoms. The van der Waals surface area contributed by atoms with Gasteiger partial charge in [-0.25, -0.2) is 4.98 Å². The average molecular weight is 304 g/mol. The van der Waals surface area contributed by atoms with Gasteiger partial charge in [0.05, 0.1) is 18.0 Å². The fourth-order valence-electron chi connectivity index (χ4n) is 2.39. The Balaban J connectivity index is 1.76. The third-order valence-electron chi connectivity index (χ3n) is 3.84. The number of aromatic nitrogens is 4. The SMILES string of the molecule is Cc1c(-c2ccc(O)c(COC3CCCCO3)n2)nnn1C. The van der Waals surface area contributed by atoms with Crippen LogP contribution in [0.5, 0.6) is 5.75 Å². The number of rotatable bonds is 4. The number of aromatic hydroxyl groups is 1. The Morgan fingerprint density at radius 3 is 2.95 bits per heavy atom. The lowest BCUT2D eigenvalue weighted by Crippen LogP contribution is -2.22. The standard InChI is InChI=1S/C15H20N4O3/c1-10-15(17-18-19(10)2)11-6-7-13(20)12(16-11)9-22-14-5-3-4-8-21-14/h6-7,14,20H,3-5,8-9H2,1-2H3. The fraction of sp³-hybridized carbons (Fsp3) is 0.533. The van der Waals surface area contributed by atoms with E-state index in [0.29, 0.717) is 17.1 Å². The summed E-state index contributed by atoms with van der Waals surface area (Å²) in [6.07, 6.45) is 2.84. The molecule has 1 aliphatic rings. The zero-order chi connectivity index (χ0) is 15.5. The van der Waals surface area contributed by atoms with Crippen LogP contribution in [-0.4, -0.2) is 38.0 Å². The van der Waals surface area contributed by atoms with Crippen LogP contribution >= 0.6 is 0 Å². The molecule has 22 heavy (non-hydrogen) atoms. The Labute approximate surface area is 128 Å². The van der Waals surface area contributed by atoms with Crippen LogP contribution in [0.1, 0.15) is 30.7 Å². The number of hydrogen-bond donors (Lipinski definition) is 1. The van der Waals surface area contributed by atoms with Gasteiger partial charge in [0.25, 0.3) is 0 Å². The predicted octanol–water partition coefficient (Wildman–Crippen LogP) is 1.93. The maximum atomic E-state index is 9.96. The first-order chi connectivity index (χ1) is 10.6. The van der Waals surface area contributed by atoms with E-state index in [-0.39, 0.29) is 18.6 Å². The largest absolute Gasteiger partial charge is 0.506 e. The highest BCUT2D eigenvalue weighted by Gasteiger charge is 2.17. The average Bonchev–Trinajstić information content (AvgIpc) is 2.87. The van der Waals surface area contributed by atoms with Crippen LogP contribution in [0.2, 0.25) is 0 Å². The maximum absolute atomic E-state index is 9.96. The van der Waals surface area contributed by atoms with E-state index in [4.69, 9.17) is 9.47 Å². The third-order valence-corrected chi connectivity index (χ3v) is 3.84. The van der Waals surface area contributed by atoms with Crippen molar-refractivity contribution in [3.8, 4) is 17.1 Å². The van der Waals surface area contributed by atoms with E-state index in [2.05, 4.69) is 15.3 Å². The monoisotopic (exact) mass is 304 g/mol. The molecule has 1 aliphatic heterocycles. The smallest absolute Gasteiger partial charge is 0.158 e. The van der Waals surface area contributed by atoms with Crippen LogP contribution in [0.25, 0.3) is 11.4 Å². The van der Waals surface area contributed by atoms with Gasteiger partial charge in [0.15, 0.2) is 6.29 Å². The summed E-state index contributed by atoms with van der Waals surface area (Å²) >= 11 is 0. The number of hydrogen-bond acceptors (Lipinski definition) is 6. The van der Waals surface area contributed by atoms with E-state index in [1.54, 1.807) is 16.8 Å². The number of ether oxygens (including phenoxy) is 2. The van der Waals surface area contributed by atoms with Crippen LogP contribution < -0.4 is 0 Å². The molecule has 0 bridgehead atoms.